The highest BCUT2D eigenvalue weighted by Gasteiger charge is 2.24. The molecule has 1 fully saturated rings. The van der Waals surface area contributed by atoms with Gasteiger partial charge < -0.3 is 4.74 Å². The zero-order valence-corrected chi connectivity index (χ0v) is 14.4. The number of thiocarbonyl (C=S) groups is 1. The molecule has 1 aromatic carbocycles. The number of halogens is 2. The standard InChI is InChI=1S/C15H15ClFNO2S2/c1-9(15(19)20-10-4-2-3-5-10)22-14-7-13(18-8-21)12(17)6-11(14)16/h6-7,9-10H,2-5H2,1H3. The third-order valence-electron chi connectivity index (χ3n) is 3.39. The molecule has 1 aliphatic carbocycles. The van der Waals surface area contributed by atoms with Gasteiger partial charge in [-0.15, -0.1) is 11.8 Å². The lowest BCUT2D eigenvalue weighted by Gasteiger charge is -2.16. The first-order valence-corrected chi connectivity index (χ1v) is 8.62. The number of esters is 1. The van der Waals surface area contributed by atoms with Crippen molar-refractivity contribution < 1.29 is 13.9 Å². The van der Waals surface area contributed by atoms with E-state index in [1.807, 2.05) is 0 Å². The van der Waals surface area contributed by atoms with E-state index in [1.165, 1.54) is 17.8 Å². The first-order chi connectivity index (χ1) is 10.5. The molecule has 0 aromatic heterocycles. The summed E-state index contributed by atoms with van der Waals surface area (Å²) in [5, 5.41) is 1.91. The number of isothiocyanates is 1. The SMILES string of the molecule is CC(Sc1cc(N=C=S)c(F)cc1Cl)C(=O)OC1CCCC1. The van der Waals surface area contributed by atoms with Crippen molar-refractivity contribution in [2.75, 3.05) is 0 Å². The van der Waals surface area contributed by atoms with Crippen LogP contribution in [-0.4, -0.2) is 22.5 Å². The first-order valence-electron chi connectivity index (χ1n) is 6.95. The number of rotatable bonds is 5. The number of aliphatic imine (C=N–C) groups is 1. The molecule has 1 aliphatic rings. The molecule has 0 aliphatic heterocycles. The van der Waals surface area contributed by atoms with E-state index in [-0.39, 0.29) is 22.8 Å². The van der Waals surface area contributed by atoms with Crippen LogP contribution in [0.2, 0.25) is 5.02 Å². The second-order valence-corrected chi connectivity index (χ2v) is 7.01. The van der Waals surface area contributed by atoms with Crippen molar-refractivity contribution in [2.45, 2.75) is 48.9 Å². The van der Waals surface area contributed by atoms with Crippen molar-refractivity contribution in [1.29, 1.82) is 0 Å². The molecule has 0 spiro atoms. The van der Waals surface area contributed by atoms with Crippen LogP contribution >= 0.6 is 35.6 Å². The molecule has 1 aromatic rings. The largest absolute Gasteiger partial charge is 0.462 e. The normalized spacial score (nSPS) is 16.1. The van der Waals surface area contributed by atoms with E-state index in [1.54, 1.807) is 6.92 Å². The highest BCUT2D eigenvalue weighted by atomic mass is 35.5. The summed E-state index contributed by atoms with van der Waals surface area (Å²) in [7, 11) is 0. The summed E-state index contributed by atoms with van der Waals surface area (Å²) in [6, 6.07) is 2.62. The Morgan fingerprint density at radius 3 is 2.86 bits per heavy atom. The van der Waals surface area contributed by atoms with Gasteiger partial charge in [0.15, 0.2) is 5.82 Å². The molecule has 7 heteroatoms. The summed E-state index contributed by atoms with van der Waals surface area (Å²) in [4.78, 5) is 16.3. The van der Waals surface area contributed by atoms with Gasteiger partial charge in [0, 0.05) is 4.90 Å². The van der Waals surface area contributed by atoms with Crippen LogP contribution in [-0.2, 0) is 9.53 Å². The predicted molar refractivity (Wildman–Crippen MR) is 89.8 cm³/mol. The minimum absolute atomic E-state index is 0.0224. The summed E-state index contributed by atoms with van der Waals surface area (Å²) in [6.07, 6.45) is 4.07. The van der Waals surface area contributed by atoms with Gasteiger partial charge in [0.2, 0.25) is 0 Å². The first kappa shape index (κ1) is 17.4. The van der Waals surface area contributed by atoms with Gasteiger partial charge in [-0.25, -0.2) is 4.39 Å². The van der Waals surface area contributed by atoms with Crippen molar-refractivity contribution in [1.82, 2.24) is 0 Å². The monoisotopic (exact) mass is 359 g/mol. The molecule has 0 saturated heterocycles. The topological polar surface area (TPSA) is 38.7 Å². The van der Waals surface area contributed by atoms with Crippen molar-refractivity contribution in [2.24, 2.45) is 4.99 Å². The quantitative estimate of drug-likeness (QED) is 0.314. The summed E-state index contributed by atoms with van der Waals surface area (Å²) in [6.45, 7) is 1.74. The fourth-order valence-electron chi connectivity index (χ4n) is 2.25. The maximum atomic E-state index is 13.6. The molecule has 1 atom stereocenters. The van der Waals surface area contributed by atoms with Crippen molar-refractivity contribution in [3.8, 4) is 0 Å². The molecule has 118 valence electrons. The van der Waals surface area contributed by atoms with E-state index in [9.17, 15) is 9.18 Å². The molecule has 1 saturated carbocycles. The van der Waals surface area contributed by atoms with Crippen molar-refractivity contribution >= 4 is 52.4 Å². The Labute approximate surface area is 143 Å². The van der Waals surface area contributed by atoms with Gasteiger partial charge in [0.1, 0.15) is 17.0 Å². The smallest absolute Gasteiger partial charge is 0.319 e. The molecule has 0 bridgehead atoms. The van der Waals surface area contributed by atoms with Crippen LogP contribution in [0.15, 0.2) is 22.0 Å². The van der Waals surface area contributed by atoms with E-state index in [2.05, 4.69) is 22.4 Å². The molecule has 3 nitrogen and oxygen atoms in total. The van der Waals surface area contributed by atoms with Crippen LogP contribution < -0.4 is 0 Å². The number of carbonyl (C=O) groups excluding carboxylic acids is 1. The van der Waals surface area contributed by atoms with Gasteiger partial charge in [-0.3, -0.25) is 4.79 Å². The third-order valence-corrected chi connectivity index (χ3v) is 5.04. The Morgan fingerprint density at radius 1 is 1.55 bits per heavy atom. The Balaban J connectivity index is 2.06. The molecular formula is C15H15ClFNO2S2. The van der Waals surface area contributed by atoms with Gasteiger partial charge in [-0.1, -0.05) is 11.6 Å². The number of carbonyl (C=O) groups is 1. The lowest BCUT2D eigenvalue weighted by Crippen LogP contribution is -2.22. The maximum Gasteiger partial charge on any atom is 0.319 e. The zero-order chi connectivity index (χ0) is 16.1. The number of hydrogen-bond donors (Lipinski definition) is 0. The minimum Gasteiger partial charge on any atom is -0.462 e. The van der Waals surface area contributed by atoms with Crippen LogP contribution in [0.1, 0.15) is 32.6 Å². The lowest BCUT2D eigenvalue weighted by molar-refractivity contribution is -0.147. The summed E-state index contributed by atoms with van der Waals surface area (Å²) in [5.41, 5.74) is 0.0539. The predicted octanol–water partition coefficient (Wildman–Crippen LogP) is 5.18. The van der Waals surface area contributed by atoms with Gasteiger partial charge in [-0.05, 0) is 57.0 Å². The molecule has 0 radical (unpaired) electrons. The number of nitrogens with zero attached hydrogens (tertiary/aromatic N) is 1. The van der Waals surface area contributed by atoms with E-state index in [4.69, 9.17) is 16.3 Å². The van der Waals surface area contributed by atoms with Gasteiger partial charge in [0.05, 0.1) is 10.2 Å². The maximum absolute atomic E-state index is 13.6. The third kappa shape index (κ3) is 4.53. The molecule has 22 heavy (non-hydrogen) atoms. The molecule has 0 N–H and O–H groups in total. The van der Waals surface area contributed by atoms with Gasteiger partial charge >= 0.3 is 5.97 Å². The van der Waals surface area contributed by atoms with E-state index in [0.29, 0.717) is 4.90 Å². The molecule has 0 amide bonds. The van der Waals surface area contributed by atoms with Crippen molar-refractivity contribution in [3.05, 3.63) is 23.0 Å². The Bertz CT molecular complexity index is 614. The van der Waals surface area contributed by atoms with E-state index in [0.717, 1.165) is 31.7 Å². The van der Waals surface area contributed by atoms with Gasteiger partial charge in [0.25, 0.3) is 0 Å². The summed E-state index contributed by atoms with van der Waals surface area (Å²) in [5.74, 6) is -0.856. The molecule has 2 rings (SSSR count). The molecule has 1 unspecified atom stereocenters. The Kier molecular flexibility index (Phi) is 6.38. The Morgan fingerprint density at radius 2 is 2.23 bits per heavy atom. The zero-order valence-electron chi connectivity index (χ0n) is 12.0. The van der Waals surface area contributed by atoms with Crippen LogP contribution in [0.4, 0.5) is 10.1 Å². The van der Waals surface area contributed by atoms with Gasteiger partial charge in [-0.2, -0.15) is 4.99 Å². The highest BCUT2D eigenvalue weighted by Crippen LogP contribution is 2.36. The average molecular weight is 360 g/mol. The van der Waals surface area contributed by atoms with Crippen LogP contribution in [0, 0.1) is 5.82 Å². The lowest BCUT2D eigenvalue weighted by atomic mass is 10.3. The fraction of sp³-hybridized carbons (Fsp3) is 0.467. The molecule has 0 heterocycles. The second kappa shape index (κ2) is 8.06. The summed E-state index contributed by atoms with van der Waals surface area (Å²) >= 11 is 11.7. The highest BCUT2D eigenvalue weighted by molar-refractivity contribution is 8.00. The van der Waals surface area contributed by atoms with Crippen LogP contribution in [0.3, 0.4) is 0 Å². The second-order valence-electron chi connectivity index (χ2n) is 5.04. The number of benzene rings is 1. The van der Waals surface area contributed by atoms with E-state index >= 15 is 0 Å². The average Bonchev–Trinajstić information content (AvgIpc) is 2.97. The van der Waals surface area contributed by atoms with E-state index < -0.39 is 11.1 Å². The fourth-order valence-corrected chi connectivity index (χ4v) is 3.51. The van der Waals surface area contributed by atoms with Crippen LogP contribution in [0.25, 0.3) is 0 Å². The Hall–Kier alpha value is -0.940. The minimum atomic E-state index is -0.576. The number of hydrogen-bond acceptors (Lipinski definition) is 5. The van der Waals surface area contributed by atoms with Crippen LogP contribution in [0.5, 0.6) is 0 Å². The summed E-state index contributed by atoms with van der Waals surface area (Å²) < 4.78 is 19.1. The number of ether oxygens (including phenoxy) is 1. The molecular weight excluding hydrogens is 345 g/mol. The van der Waals surface area contributed by atoms with Crippen molar-refractivity contribution in [3.63, 3.8) is 0 Å². The number of thioether (sulfide) groups is 1.